The number of nitrogens with one attached hydrogen (secondary N) is 1. The minimum atomic E-state index is -0.339. The van der Waals surface area contributed by atoms with Crippen LogP contribution in [0.25, 0.3) is 0 Å². The molecule has 8 nitrogen and oxygen atoms in total. The van der Waals surface area contributed by atoms with E-state index in [-0.39, 0.29) is 42.3 Å². The molecule has 2 aliphatic rings. The van der Waals surface area contributed by atoms with Crippen molar-refractivity contribution in [1.29, 1.82) is 0 Å². The molecule has 2 atom stereocenters. The molecule has 2 aliphatic heterocycles. The maximum absolute atomic E-state index is 13.5. The van der Waals surface area contributed by atoms with Crippen molar-refractivity contribution in [2.45, 2.75) is 57.5 Å². The molecule has 0 spiro atoms. The molecule has 2 saturated heterocycles. The molecular formula is C24H36N4O4. The molecule has 32 heavy (non-hydrogen) atoms. The van der Waals surface area contributed by atoms with Gasteiger partial charge in [-0.05, 0) is 31.7 Å². The molecule has 2 unspecified atom stereocenters. The number of rotatable bonds is 9. The number of ether oxygens (including phenoxy) is 1. The third-order valence-corrected chi connectivity index (χ3v) is 6.57. The third kappa shape index (κ3) is 5.79. The van der Waals surface area contributed by atoms with Gasteiger partial charge in [-0.25, -0.2) is 0 Å². The number of nitrogens with two attached hydrogens (primary N) is 1. The van der Waals surface area contributed by atoms with Crippen molar-refractivity contribution in [1.82, 2.24) is 15.1 Å². The topological polar surface area (TPSA) is 105 Å². The second-order valence-electron chi connectivity index (χ2n) is 8.80. The molecule has 0 aromatic heterocycles. The lowest BCUT2D eigenvalue weighted by atomic mass is 9.82. The van der Waals surface area contributed by atoms with Gasteiger partial charge in [-0.3, -0.25) is 19.3 Å². The highest BCUT2D eigenvalue weighted by Gasteiger charge is 2.42. The van der Waals surface area contributed by atoms with E-state index in [1.165, 1.54) is 0 Å². The molecule has 176 valence electrons. The summed E-state index contributed by atoms with van der Waals surface area (Å²) in [6, 6.07) is 7.40. The Bertz CT molecular complexity index is 807. The number of methoxy groups -OCH3 is 1. The maximum atomic E-state index is 13.5. The molecule has 3 N–H and O–H groups in total. The van der Waals surface area contributed by atoms with Gasteiger partial charge in [-0.2, -0.15) is 0 Å². The highest BCUT2D eigenvalue weighted by Crippen LogP contribution is 2.41. The molecule has 1 aromatic rings. The van der Waals surface area contributed by atoms with Crippen molar-refractivity contribution in [3.05, 3.63) is 29.8 Å². The minimum absolute atomic E-state index is 0.0109. The normalized spacial score (nSPS) is 22.6. The predicted octanol–water partition coefficient (Wildman–Crippen LogP) is 1.84. The van der Waals surface area contributed by atoms with E-state index in [1.54, 1.807) is 7.11 Å². The van der Waals surface area contributed by atoms with Gasteiger partial charge in [0.05, 0.1) is 25.6 Å². The first-order valence-corrected chi connectivity index (χ1v) is 11.7. The van der Waals surface area contributed by atoms with Crippen LogP contribution < -0.4 is 15.8 Å². The van der Waals surface area contributed by atoms with E-state index in [2.05, 4.69) is 12.2 Å². The van der Waals surface area contributed by atoms with Crippen LogP contribution >= 0.6 is 0 Å². The highest BCUT2D eigenvalue weighted by atomic mass is 16.5. The van der Waals surface area contributed by atoms with Crippen LogP contribution in [0.2, 0.25) is 0 Å². The van der Waals surface area contributed by atoms with E-state index in [9.17, 15) is 14.4 Å². The summed E-state index contributed by atoms with van der Waals surface area (Å²) < 4.78 is 5.60. The summed E-state index contributed by atoms with van der Waals surface area (Å²) in [7, 11) is 1.62. The number of hydrogen-bond donors (Lipinski definition) is 2. The summed E-state index contributed by atoms with van der Waals surface area (Å²) in [5.74, 6) is 0.128. The van der Waals surface area contributed by atoms with E-state index in [1.807, 2.05) is 34.1 Å². The lowest BCUT2D eigenvalue weighted by Gasteiger charge is -2.42. The van der Waals surface area contributed by atoms with E-state index < -0.39 is 0 Å². The van der Waals surface area contributed by atoms with Crippen molar-refractivity contribution in [2.24, 2.45) is 11.7 Å². The first-order chi connectivity index (χ1) is 15.4. The van der Waals surface area contributed by atoms with Crippen molar-refractivity contribution in [3.8, 4) is 5.75 Å². The van der Waals surface area contributed by atoms with Gasteiger partial charge in [-0.15, -0.1) is 0 Å². The maximum Gasteiger partial charge on any atom is 0.231 e. The Labute approximate surface area is 190 Å². The predicted molar refractivity (Wildman–Crippen MR) is 122 cm³/mol. The van der Waals surface area contributed by atoms with Gasteiger partial charge in [0.1, 0.15) is 5.75 Å². The number of piperidine rings is 2. The van der Waals surface area contributed by atoms with Gasteiger partial charge >= 0.3 is 0 Å². The zero-order valence-corrected chi connectivity index (χ0v) is 19.2. The molecule has 2 fully saturated rings. The molecule has 3 rings (SSSR count). The fraction of sp³-hybridized carbons (Fsp3) is 0.625. The Kier molecular flexibility index (Phi) is 8.50. The molecule has 0 aliphatic carbocycles. The van der Waals surface area contributed by atoms with Crippen LogP contribution in [0.5, 0.6) is 5.75 Å². The van der Waals surface area contributed by atoms with Crippen molar-refractivity contribution >= 4 is 17.7 Å². The SMILES string of the molecule is CCCCN1C(=O)CCC(C(=O)NC2CCN(CC(N)=O)CC2)C1c1ccccc1OC. The number of carbonyl (C=O) groups is 3. The van der Waals surface area contributed by atoms with Gasteiger partial charge in [0.2, 0.25) is 17.7 Å². The fourth-order valence-corrected chi connectivity index (χ4v) is 4.88. The summed E-state index contributed by atoms with van der Waals surface area (Å²) in [4.78, 5) is 41.4. The zero-order valence-electron chi connectivity index (χ0n) is 19.2. The second kappa shape index (κ2) is 11.3. The lowest BCUT2D eigenvalue weighted by molar-refractivity contribution is -0.144. The van der Waals surface area contributed by atoms with Gasteiger partial charge in [0.15, 0.2) is 0 Å². The second-order valence-corrected chi connectivity index (χ2v) is 8.80. The minimum Gasteiger partial charge on any atom is -0.496 e. The summed E-state index contributed by atoms with van der Waals surface area (Å²) in [6.45, 7) is 4.45. The first-order valence-electron chi connectivity index (χ1n) is 11.7. The number of para-hydroxylation sites is 1. The van der Waals surface area contributed by atoms with Crippen LogP contribution in [0.4, 0.5) is 0 Å². The summed E-state index contributed by atoms with van der Waals surface area (Å²) in [6.07, 6.45) is 4.33. The van der Waals surface area contributed by atoms with E-state index in [4.69, 9.17) is 10.5 Å². The number of carbonyl (C=O) groups excluding carboxylic acids is 3. The number of unbranched alkanes of at least 4 members (excludes halogenated alkanes) is 1. The van der Waals surface area contributed by atoms with E-state index in [0.717, 1.165) is 44.3 Å². The van der Waals surface area contributed by atoms with Crippen LogP contribution in [0.1, 0.15) is 57.1 Å². The molecule has 3 amide bonds. The van der Waals surface area contributed by atoms with Crippen molar-refractivity contribution in [2.75, 3.05) is 33.3 Å². The zero-order chi connectivity index (χ0) is 23.1. The van der Waals surface area contributed by atoms with Gasteiger partial charge < -0.3 is 20.7 Å². The summed E-state index contributed by atoms with van der Waals surface area (Å²) in [5, 5.41) is 3.23. The van der Waals surface area contributed by atoms with Crippen LogP contribution in [-0.2, 0) is 14.4 Å². The quantitative estimate of drug-likeness (QED) is 0.605. The largest absolute Gasteiger partial charge is 0.496 e. The third-order valence-electron chi connectivity index (χ3n) is 6.57. The van der Waals surface area contributed by atoms with Crippen molar-refractivity contribution < 1.29 is 19.1 Å². The summed E-state index contributed by atoms with van der Waals surface area (Å²) in [5.41, 5.74) is 6.18. The highest BCUT2D eigenvalue weighted by molar-refractivity contribution is 5.85. The van der Waals surface area contributed by atoms with Crippen LogP contribution in [0, 0.1) is 5.92 Å². The Morgan fingerprint density at radius 3 is 2.56 bits per heavy atom. The number of benzene rings is 1. The van der Waals surface area contributed by atoms with Gasteiger partial charge in [0, 0.05) is 37.7 Å². The van der Waals surface area contributed by atoms with Gasteiger partial charge in [0.25, 0.3) is 0 Å². The number of hydrogen-bond acceptors (Lipinski definition) is 5. The number of primary amides is 1. The molecule has 1 aromatic carbocycles. The Morgan fingerprint density at radius 2 is 1.91 bits per heavy atom. The van der Waals surface area contributed by atoms with Crippen molar-refractivity contribution in [3.63, 3.8) is 0 Å². The van der Waals surface area contributed by atoms with Crippen LogP contribution in [-0.4, -0.2) is 66.9 Å². The standard InChI is InChI=1S/C24H36N4O4/c1-3-4-13-28-22(30)10-9-19(23(28)18-7-5-6-8-20(18)32-2)24(31)26-17-11-14-27(15-12-17)16-21(25)29/h5-8,17,19,23H,3-4,9-16H2,1-2H3,(H2,25,29)(H,26,31). The Balaban J connectivity index is 1.77. The average Bonchev–Trinajstić information content (AvgIpc) is 2.79. The van der Waals surface area contributed by atoms with E-state index in [0.29, 0.717) is 25.1 Å². The van der Waals surface area contributed by atoms with Crippen LogP contribution in [0.3, 0.4) is 0 Å². The lowest BCUT2D eigenvalue weighted by Crippen LogP contribution is -2.52. The monoisotopic (exact) mass is 444 g/mol. The van der Waals surface area contributed by atoms with E-state index >= 15 is 0 Å². The number of likely N-dealkylation sites (tertiary alicyclic amines) is 2. The number of nitrogens with zero attached hydrogens (tertiary/aromatic N) is 2. The molecule has 0 saturated carbocycles. The molecule has 2 heterocycles. The van der Waals surface area contributed by atoms with Crippen LogP contribution in [0.15, 0.2) is 24.3 Å². The Morgan fingerprint density at radius 1 is 1.19 bits per heavy atom. The molecular weight excluding hydrogens is 408 g/mol. The van der Waals surface area contributed by atoms with Gasteiger partial charge in [-0.1, -0.05) is 31.5 Å². The first kappa shape index (κ1) is 24.0. The molecule has 0 bridgehead atoms. The fourth-order valence-electron chi connectivity index (χ4n) is 4.88. The average molecular weight is 445 g/mol. The smallest absolute Gasteiger partial charge is 0.231 e. The summed E-state index contributed by atoms with van der Waals surface area (Å²) >= 11 is 0. The Hall–Kier alpha value is -2.61. The molecule has 0 radical (unpaired) electrons. The number of amides is 3. The molecule has 8 heteroatoms.